The zero-order valence-corrected chi connectivity index (χ0v) is 18.0. The van der Waals surface area contributed by atoms with Crippen molar-refractivity contribution in [3.05, 3.63) is 53.6 Å². The van der Waals surface area contributed by atoms with E-state index in [1.54, 1.807) is 0 Å². The van der Waals surface area contributed by atoms with E-state index in [0.29, 0.717) is 43.9 Å². The van der Waals surface area contributed by atoms with Crippen LogP contribution in [0.4, 0.5) is 5.69 Å². The molecule has 2 aromatic carbocycles. The highest BCUT2D eigenvalue weighted by molar-refractivity contribution is 7.92. The fraction of sp³-hybridized carbons (Fsp3) is 0.478. The van der Waals surface area contributed by atoms with Crippen LogP contribution in [0.15, 0.2) is 42.5 Å². The fourth-order valence-electron chi connectivity index (χ4n) is 4.69. The third-order valence-corrected chi connectivity index (χ3v) is 8.07. The van der Waals surface area contributed by atoms with Gasteiger partial charge in [0.25, 0.3) is 0 Å². The van der Waals surface area contributed by atoms with E-state index in [1.807, 2.05) is 6.07 Å². The monoisotopic (exact) mass is 427 g/mol. The van der Waals surface area contributed by atoms with Crippen molar-refractivity contribution in [3.8, 4) is 11.5 Å². The highest BCUT2D eigenvalue weighted by atomic mass is 32.2. The molecule has 0 aromatic heterocycles. The normalized spacial score (nSPS) is 23.5. The lowest BCUT2D eigenvalue weighted by Crippen LogP contribution is -2.39. The van der Waals surface area contributed by atoms with Crippen molar-refractivity contribution in [1.82, 2.24) is 4.90 Å². The van der Waals surface area contributed by atoms with Crippen LogP contribution in [-0.2, 0) is 16.3 Å². The maximum Gasteiger partial charge on any atom is 0.161 e. The van der Waals surface area contributed by atoms with Gasteiger partial charge in [-0.15, -0.1) is 0 Å². The Labute approximate surface area is 178 Å². The zero-order chi connectivity index (χ0) is 20.6. The lowest BCUT2D eigenvalue weighted by molar-refractivity contribution is 0.170. The van der Waals surface area contributed by atoms with Gasteiger partial charge in [0.1, 0.15) is 13.2 Å². The highest BCUT2D eigenvalue weighted by Crippen LogP contribution is 2.38. The van der Waals surface area contributed by atoms with Crippen molar-refractivity contribution < 1.29 is 13.7 Å². The largest absolute Gasteiger partial charge is 0.486 e. The molecule has 0 radical (unpaired) electrons. The first-order valence-electron chi connectivity index (χ1n) is 10.8. The van der Waals surface area contributed by atoms with Gasteiger partial charge in [-0.3, -0.25) is 9.68 Å². The molecule has 2 fully saturated rings. The van der Waals surface area contributed by atoms with Gasteiger partial charge >= 0.3 is 0 Å². The number of anilines is 1. The number of hydrogen-bond acceptors (Lipinski definition) is 6. The van der Waals surface area contributed by atoms with Crippen LogP contribution in [0.25, 0.3) is 0 Å². The number of nitrogens with one attached hydrogen (secondary N) is 1. The summed E-state index contributed by atoms with van der Waals surface area (Å²) in [5, 5.41) is 0. The second-order valence-electron chi connectivity index (χ2n) is 8.41. The van der Waals surface area contributed by atoms with Gasteiger partial charge in [-0.05, 0) is 54.8 Å². The molecule has 160 valence electrons. The van der Waals surface area contributed by atoms with Crippen LogP contribution in [0.5, 0.6) is 11.5 Å². The Kier molecular flexibility index (Phi) is 5.33. The quantitative estimate of drug-likeness (QED) is 0.807. The SMILES string of the molecule is N=S1(=O)CCN(c2ccc(CN3CCC[C@@H]3c3ccc4c(c3)OCCO4)cc2)CC1. The predicted molar refractivity (Wildman–Crippen MR) is 119 cm³/mol. The molecule has 2 saturated heterocycles. The van der Waals surface area contributed by atoms with Crippen molar-refractivity contribution in [2.75, 3.05) is 49.3 Å². The molecule has 0 bridgehead atoms. The van der Waals surface area contributed by atoms with Crippen molar-refractivity contribution in [3.63, 3.8) is 0 Å². The van der Waals surface area contributed by atoms with E-state index >= 15 is 0 Å². The van der Waals surface area contributed by atoms with Crippen LogP contribution in [-0.4, -0.2) is 53.5 Å². The molecule has 0 aliphatic carbocycles. The number of nitrogens with zero attached hydrogens (tertiary/aromatic N) is 2. The number of benzene rings is 2. The molecule has 1 atom stereocenters. The minimum atomic E-state index is -2.35. The highest BCUT2D eigenvalue weighted by Gasteiger charge is 2.27. The zero-order valence-electron chi connectivity index (χ0n) is 17.2. The van der Waals surface area contributed by atoms with Gasteiger partial charge in [0.2, 0.25) is 0 Å². The predicted octanol–water partition coefficient (Wildman–Crippen LogP) is 3.66. The Hall–Kier alpha value is -2.25. The van der Waals surface area contributed by atoms with Crippen molar-refractivity contribution in [2.45, 2.75) is 25.4 Å². The van der Waals surface area contributed by atoms with Crippen LogP contribution < -0.4 is 14.4 Å². The minimum Gasteiger partial charge on any atom is -0.486 e. The second kappa shape index (κ2) is 8.12. The first-order chi connectivity index (χ1) is 14.6. The summed E-state index contributed by atoms with van der Waals surface area (Å²) in [5.41, 5.74) is 3.78. The average Bonchev–Trinajstić information content (AvgIpc) is 3.22. The van der Waals surface area contributed by atoms with Gasteiger partial charge in [-0.2, -0.15) is 0 Å². The summed E-state index contributed by atoms with van der Waals surface area (Å²) in [6, 6.07) is 15.5. The summed E-state index contributed by atoms with van der Waals surface area (Å²) in [5.74, 6) is 2.66. The van der Waals surface area contributed by atoms with E-state index in [-0.39, 0.29) is 0 Å². The molecule has 3 aliphatic rings. The van der Waals surface area contributed by atoms with Gasteiger partial charge < -0.3 is 14.4 Å². The minimum absolute atomic E-state index is 0.410. The van der Waals surface area contributed by atoms with Crippen molar-refractivity contribution in [2.24, 2.45) is 0 Å². The van der Waals surface area contributed by atoms with Crippen LogP contribution in [0.2, 0.25) is 0 Å². The number of ether oxygens (including phenoxy) is 2. The van der Waals surface area contributed by atoms with E-state index in [9.17, 15) is 4.21 Å². The lowest BCUT2D eigenvalue weighted by Gasteiger charge is -2.30. The number of hydrogen-bond donors (Lipinski definition) is 1. The molecular formula is C23H29N3O3S. The lowest BCUT2D eigenvalue weighted by atomic mass is 10.0. The maximum atomic E-state index is 11.9. The number of fused-ring (bicyclic) bond motifs is 1. The van der Waals surface area contributed by atoms with Crippen LogP contribution in [0.3, 0.4) is 0 Å². The first-order valence-corrected chi connectivity index (χ1v) is 12.7. The van der Waals surface area contributed by atoms with Crippen LogP contribution in [0, 0.1) is 4.78 Å². The summed E-state index contributed by atoms with van der Waals surface area (Å²) in [4.78, 5) is 4.80. The van der Waals surface area contributed by atoms with E-state index in [0.717, 1.165) is 31.0 Å². The Morgan fingerprint density at radius 3 is 2.47 bits per heavy atom. The topological polar surface area (TPSA) is 65.9 Å². The Morgan fingerprint density at radius 2 is 1.70 bits per heavy atom. The van der Waals surface area contributed by atoms with Gasteiger partial charge in [-0.25, -0.2) is 4.21 Å². The molecule has 1 N–H and O–H groups in total. The van der Waals surface area contributed by atoms with E-state index < -0.39 is 9.73 Å². The molecule has 30 heavy (non-hydrogen) atoms. The van der Waals surface area contributed by atoms with Gasteiger partial charge in [0, 0.05) is 52.6 Å². The van der Waals surface area contributed by atoms with Gasteiger partial charge in [-0.1, -0.05) is 18.2 Å². The summed E-state index contributed by atoms with van der Waals surface area (Å²) < 4.78 is 31.1. The third kappa shape index (κ3) is 4.14. The number of rotatable bonds is 4. The maximum absolute atomic E-state index is 11.9. The van der Waals surface area contributed by atoms with E-state index in [4.69, 9.17) is 14.3 Å². The van der Waals surface area contributed by atoms with E-state index in [1.165, 1.54) is 23.2 Å². The summed E-state index contributed by atoms with van der Waals surface area (Å²) in [7, 11) is -2.35. The van der Waals surface area contributed by atoms with E-state index in [2.05, 4.69) is 46.2 Å². The third-order valence-electron chi connectivity index (χ3n) is 6.38. The summed E-state index contributed by atoms with van der Waals surface area (Å²) in [6.45, 7) is 4.69. The smallest absolute Gasteiger partial charge is 0.161 e. The van der Waals surface area contributed by atoms with Crippen LogP contribution in [0.1, 0.15) is 30.0 Å². The standard InChI is InChI=1S/C23H29N3O3S/c24-30(27)14-10-25(11-15-30)20-6-3-18(4-7-20)17-26-9-1-2-21(26)19-5-8-22-23(16-19)29-13-12-28-22/h3-8,16,21,24H,1-2,9-15,17H2/t21-/m1/s1. The van der Waals surface area contributed by atoms with Gasteiger partial charge in [0.15, 0.2) is 11.5 Å². The van der Waals surface area contributed by atoms with Crippen LogP contribution >= 0.6 is 0 Å². The summed E-state index contributed by atoms with van der Waals surface area (Å²) >= 11 is 0. The molecule has 7 heteroatoms. The molecule has 6 nitrogen and oxygen atoms in total. The van der Waals surface area contributed by atoms with Crippen molar-refractivity contribution >= 4 is 15.4 Å². The Balaban J connectivity index is 1.26. The molecule has 3 aliphatic heterocycles. The molecule has 0 saturated carbocycles. The summed E-state index contributed by atoms with van der Waals surface area (Å²) in [6.07, 6.45) is 2.37. The Bertz CT molecular complexity index is 993. The molecule has 5 rings (SSSR count). The first kappa shape index (κ1) is 19.7. The molecule has 3 heterocycles. The fourth-order valence-corrected chi connectivity index (χ4v) is 5.93. The Morgan fingerprint density at radius 1 is 0.967 bits per heavy atom. The molecule has 2 aromatic rings. The second-order valence-corrected chi connectivity index (χ2v) is 10.8. The number of likely N-dealkylation sites (tertiary alicyclic amines) is 1. The molecule has 0 spiro atoms. The molecule has 0 unspecified atom stereocenters. The molecular weight excluding hydrogens is 398 g/mol. The molecule has 0 amide bonds. The van der Waals surface area contributed by atoms with Crippen molar-refractivity contribution in [1.29, 1.82) is 4.78 Å². The van der Waals surface area contributed by atoms with Gasteiger partial charge in [0.05, 0.1) is 0 Å². The average molecular weight is 428 g/mol.